The van der Waals surface area contributed by atoms with Crippen LogP contribution in [0.4, 0.5) is 0 Å². The van der Waals surface area contributed by atoms with Gasteiger partial charge in [-0.2, -0.15) is 0 Å². The van der Waals surface area contributed by atoms with E-state index in [0.29, 0.717) is 31.0 Å². The first kappa shape index (κ1) is 18.5. The van der Waals surface area contributed by atoms with E-state index >= 15 is 0 Å². The molecule has 0 aliphatic carbocycles. The Morgan fingerprint density at radius 3 is 2.58 bits per heavy atom. The fourth-order valence-corrected chi connectivity index (χ4v) is 2.98. The van der Waals surface area contributed by atoms with Crippen LogP contribution in [-0.4, -0.2) is 60.9 Å². The van der Waals surface area contributed by atoms with Crippen LogP contribution < -0.4 is 5.32 Å². The Morgan fingerprint density at radius 1 is 1.25 bits per heavy atom. The molecule has 1 N–H and O–H groups in total. The van der Waals surface area contributed by atoms with Crippen molar-refractivity contribution in [3.8, 4) is 0 Å². The fraction of sp³-hybridized carbons (Fsp3) is 0.579. The Bertz CT molecular complexity index is 565. The molecule has 5 heteroatoms. The fourth-order valence-electron chi connectivity index (χ4n) is 2.98. The number of piperazine rings is 1. The van der Waals surface area contributed by atoms with Crippen molar-refractivity contribution in [2.45, 2.75) is 27.2 Å². The summed E-state index contributed by atoms with van der Waals surface area (Å²) in [5.74, 6) is 0.524. The molecule has 1 aliphatic heterocycles. The number of hydrogen-bond donors (Lipinski definition) is 1. The minimum atomic E-state index is 0.0144. The van der Waals surface area contributed by atoms with Crippen molar-refractivity contribution in [3.05, 3.63) is 35.4 Å². The van der Waals surface area contributed by atoms with Crippen molar-refractivity contribution in [1.82, 2.24) is 15.1 Å². The highest BCUT2D eigenvalue weighted by molar-refractivity contribution is 5.94. The van der Waals surface area contributed by atoms with Crippen LogP contribution in [0.2, 0.25) is 0 Å². The zero-order chi connectivity index (χ0) is 17.5. The molecule has 1 heterocycles. The van der Waals surface area contributed by atoms with Crippen LogP contribution in [0.3, 0.4) is 0 Å². The number of aryl methyl sites for hydroxylation is 1. The Hall–Kier alpha value is -1.88. The van der Waals surface area contributed by atoms with Gasteiger partial charge in [0, 0.05) is 51.3 Å². The molecule has 24 heavy (non-hydrogen) atoms. The third kappa shape index (κ3) is 5.34. The Kier molecular flexibility index (Phi) is 6.79. The summed E-state index contributed by atoms with van der Waals surface area (Å²) >= 11 is 0. The molecule has 5 nitrogen and oxygen atoms in total. The minimum absolute atomic E-state index is 0.0144. The molecular weight excluding hydrogens is 302 g/mol. The molecule has 0 unspecified atom stereocenters. The second-order valence-electron chi connectivity index (χ2n) is 6.90. The first-order valence-corrected chi connectivity index (χ1v) is 8.82. The minimum Gasteiger partial charge on any atom is -0.340 e. The maximum Gasteiger partial charge on any atom is 0.253 e. The summed E-state index contributed by atoms with van der Waals surface area (Å²) in [6.45, 7) is 10.5. The van der Waals surface area contributed by atoms with Crippen molar-refractivity contribution < 1.29 is 9.59 Å². The largest absolute Gasteiger partial charge is 0.340 e. The van der Waals surface area contributed by atoms with Crippen LogP contribution in [0.1, 0.15) is 36.2 Å². The van der Waals surface area contributed by atoms with Crippen molar-refractivity contribution in [2.75, 3.05) is 39.3 Å². The van der Waals surface area contributed by atoms with E-state index in [-0.39, 0.29) is 11.8 Å². The molecule has 1 aromatic carbocycles. The molecule has 0 saturated carbocycles. The SMILES string of the molecule is Cc1cccc(C(=O)N(CCC(=O)N2CCNCC2)CC(C)C)c1. The normalized spacial score (nSPS) is 14.8. The molecule has 0 atom stereocenters. The second kappa shape index (κ2) is 8.83. The number of amides is 2. The van der Waals surface area contributed by atoms with E-state index in [4.69, 9.17) is 0 Å². The third-order valence-electron chi connectivity index (χ3n) is 4.20. The van der Waals surface area contributed by atoms with Crippen molar-refractivity contribution in [3.63, 3.8) is 0 Å². The van der Waals surface area contributed by atoms with Gasteiger partial charge in [-0.1, -0.05) is 31.5 Å². The van der Waals surface area contributed by atoms with Crippen LogP contribution in [0.25, 0.3) is 0 Å². The van der Waals surface area contributed by atoms with Gasteiger partial charge >= 0.3 is 0 Å². The topological polar surface area (TPSA) is 52.7 Å². The molecule has 1 saturated heterocycles. The Labute approximate surface area is 145 Å². The highest BCUT2D eigenvalue weighted by atomic mass is 16.2. The molecular formula is C19H29N3O2. The molecule has 132 valence electrons. The number of carbonyl (C=O) groups excluding carboxylic acids is 2. The van der Waals surface area contributed by atoms with E-state index in [9.17, 15) is 9.59 Å². The van der Waals surface area contributed by atoms with Gasteiger partial charge in [-0.25, -0.2) is 0 Å². The molecule has 2 amide bonds. The van der Waals surface area contributed by atoms with Gasteiger partial charge in [0.15, 0.2) is 0 Å². The maximum absolute atomic E-state index is 12.8. The predicted molar refractivity (Wildman–Crippen MR) is 96.0 cm³/mol. The van der Waals surface area contributed by atoms with Crippen molar-refractivity contribution >= 4 is 11.8 Å². The lowest BCUT2D eigenvalue weighted by Gasteiger charge is -2.29. The number of nitrogens with zero attached hydrogens (tertiary/aromatic N) is 2. The van der Waals surface area contributed by atoms with Crippen LogP contribution in [0, 0.1) is 12.8 Å². The first-order valence-electron chi connectivity index (χ1n) is 8.82. The van der Waals surface area contributed by atoms with E-state index in [2.05, 4.69) is 19.2 Å². The van der Waals surface area contributed by atoms with Crippen LogP contribution in [0.5, 0.6) is 0 Å². The first-order chi connectivity index (χ1) is 11.5. The molecule has 0 radical (unpaired) electrons. The smallest absolute Gasteiger partial charge is 0.253 e. The average molecular weight is 331 g/mol. The van der Waals surface area contributed by atoms with Gasteiger partial charge in [-0.05, 0) is 25.0 Å². The zero-order valence-electron chi connectivity index (χ0n) is 15.0. The van der Waals surface area contributed by atoms with Crippen molar-refractivity contribution in [1.29, 1.82) is 0 Å². The van der Waals surface area contributed by atoms with Gasteiger partial charge in [-0.3, -0.25) is 9.59 Å². The van der Waals surface area contributed by atoms with E-state index in [1.807, 2.05) is 41.0 Å². The number of hydrogen-bond acceptors (Lipinski definition) is 3. The molecule has 1 aliphatic rings. The summed E-state index contributed by atoms with van der Waals surface area (Å²) in [5, 5.41) is 3.25. The monoisotopic (exact) mass is 331 g/mol. The summed E-state index contributed by atoms with van der Waals surface area (Å²) in [7, 11) is 0. The van der Waals surface area contributed by atoms with Gasteiger partial charge in [0.05, 0.1) is 0 Å². The maximum atomic E-state index is 12.8. The highest BCUT2D eigenvalue weighted by Crippen LogP contribution is 2.11. The van der Waals surface area contributed by atoms with E-state index in [1.54, 1.807) is 0 Å². The van der Waals surface area contributed by atoms with E-state index < -0.39 is 0 Å². The van der Waals surface area contributed by atoms with Gasteiger partial charge in [0.25, 0.3) is 5.91 Å². The van der Waals surface area contributed by atoms with Crippen molar-refractivity contribution in [2.24, 2.45) is 5.92 Å². The number of nitrogens with one attached hydrogen (secondary N) is 1. The summed E-state index contributed by atoms with van der Waals surface area (Å²) in [6, 6.07) is 7.65. The average Bonchev–Trinajstić information content (AvgIpc) is 2.58. The Balaban J connectivity index is 1.99. The summed E-state index contributed by atoms with van der Waals surface area (Å²) in [6.07, 6.45) is 0.393. The molecule has 2 rings (SSSR count). The van der Waals surface area contributed by atoms with Gasteiger partial charge in [-0.15, -0.1) is 0 Å². The third-order valence-corrected chi connectivity index (χ3v) is 4.20. The summed E-state index contributed by atoms with van der Waals surface area (Å²) in [4.78, 5) is 28.9. The quantitative estimate of drug-likeness (QED) is 0.866. The Morgan fingerprint density at radius 2 is 1.96 bits per heavy atom. The van der Waals surface area contributed by atoms with Crippen LogP contribution in [-0.2, 0) is 4.79 Å². The second-order valence-corrected chi connectivity index (χ2v) is 6.90. The summed E-state index contributed by atoms with van der Waals surface area (Å²) < 4.78 is 0. The van der Waals surface area contributed by atoms with Crippen LogP contribution >= 0.6 is 0 Å². The van der Waals surface area contributed by atoms with Crippen LogP contribution in [0.15, 0.2) is 24.3 Å². The van der Waals surface area contributed by atoms with E-state index in [1.165, 1.54) is 0 Å². The lowest BCUT2D eigenvalue weighted by atomic mass is 10.1. The number of benzene rings is 1. The zero-order valence-corrected chi connectivity index (χ0v) is 15.0. The standard InChI is InChI=1S/C19H29N3O2/c1-15(2)14-22(19(24)17-6-4-5-16(3)13-17)10-7-18(23)21-11-8-20-9-12-21/h4-6,13,15,20H,7-12,14H2,1-3H3. The van der Waals surface area contributed by atoms with Gasteiger partial charge < -0.3 is 15.1 Å². The molecule has 0 bridgehead atoms. The molecule has 1 fully saturated rings. The molecule has 0 spiro atoms. The highest BCUT2D eigenvalue weighted by Gasteiger charge is 2.21. The molecule has 1 aromatic rings. The molecule has 0 aromatic heterocycles. The lowest BCUT2D eigenvalue weighted by Crippen LogP contribution is -2.47. The van der Waals surface area contributed by atoms with E-state index in [0.717, 1.165) is 31.7 Å². The van der Waals surface area contributed by atoms with Gasteiger partial charge in [0.1, 0.15) is 0 Å². The summed E-state index contributed by atoms with van der Waals surface area (Å²) in [5.41, 5.74) is 1.77. The number of rotatable bonds is 6. The predicted octanol–water partition coefficient (Wildman–Crippen LogP) is 1.92. The van der Waals surface area contributed by atoms with Gasteiger partial charge in [0.2, 0.25) is 5.91 Å². The number of carbonyl (C=O) groups is 2. The lowest BCUT2D eigenvalue weighted by molar-refractivity contribution is -0.132.